The van der Waals surface area contributed by atoms with Crippen LogP contribution in [0.3, 0.4) is 0 Å². The molecule has 0 unspecified atom stereocenters. The predicted molar refractivity (Wildman–Crippen MR) is 136 cm³/mol. The van der Waals surface area contributed by atoms with Crippen LogP contribution in [0.2, 0.25) is 0 Å². The van der Waals surface area contributed by atoms with Crippen molar-refractivity contribution in [3.05, 3.63) is 68.9 Å². The Bertz CT molecular complexity index is 1360. The van der Waals surface area contributed by atoms with E-state index in [0.29, 0.717) is 45.1 Å². The topological polar surface area (TPSA) is 80.3 Å². The normalized spacial score (nSPS) is 22.4. The van der Waals surface area contributed by atoms with Crippen molar-refractivity contribution in [3.8, 4) is 0 Å². The molecule has 2 fully saturated rings. The Morgan fingerprint density at radius 2 is 1.97 bits per heavy atom. The van der Waals surface area contributed by atoms with Gasteiger partial charge < -0.3 is 14.1 Å². The third kappa shape index (κ3) is 4.17. The van der Waals surface area contributed by atoms with Gasteiger partial charge in [-0.1, -0.05) is 30.0 Å². The summed E-state index contributed by atoms with van der Waals surface area (Å²) in [5.41, 5.74) is 1.62. The number of nitrogens with zero attached hydrogens (tertiary/aromatic N) is 4. The lowest BCUT2D eigenvalue weighted by molar-refractivity contribution is -0.122. The smallest absolute Gasteiger partial charge is 0.267 e. The van der Waals surface area contributed by atoms with Gasteiger partial charge in [0.1, 0.15) is 21.5 Å². The van der Waals surface area contributed by atoms with E-state index in [4.69, 9.17) is 26.4 Å². The standard InChI is InChI=1S/C24H24N4O4S2/c1-14-6-4-8-27-20(14)25-21(26-11-15(2)32-16(3)12-26)18(22(27)29)10-19-23(30)28(24(33)34-19)13-17-7-5-9-31-17/h4-10,15-16H,11-13H2,1-3H3/b19-10+/t15-,16-/m0/s1. The minimum absolute atomic E-state index is 0.0137. The van der Waals surface area contributed by atoms with Gasteiger partial charge in [-0.15, -0.1) is 0 Å². The second-order valence-electron chi connectivity index (χ2n) is 8.55. The Hall–Kier alpha value is -2.95. The second-order valence-corrected chi connectivity index (χ2v) is 10.2. The summed E-state index contributed by atoms with van der Waals surface area (Å²) in [5, 5.41) is 0. The molecule has 8 nitrogen and oxygen atoms in total. The molecule has 0 aromatic carbocycles. The Kier molecular flexibility index (Phi) is 6.05. The Morgan fingerprint density at radius 3 is 2.68 bits per heavy atom. The Morgan fingerprint density at radius 1 is 1.21 bits per heavy atom. The van der Waals surface area contributed by atoms with Crippen molar-refractivity contribution in [1.82, 2.24) is 14.3 Å². The number of thiocarbonyl (C=S) groups is 1. The largest absolute Gasteiger partial charge is 0.467 e. The summed E-state index contributed by atoms with van der Waals surface area (Å²) < 4.78 is 13.2. The highest BCUT2D eigenvalue weighted by molar-refractivity contribution is 8.26. The van der Waals surface area contributed by atoms with Crippen molar-refractivity contribution in [2.45, 2.75) is 39.5 Å². The van der Waals surface area contributed by atoms with Crippen LogP contribution < -0.4 is 10.5 Å². The van der Waals surface area contributed by atoms with E-state index in [1.807, 2.05) is 32.9 Å². The summed E-state index contributed by atoms with van der Waals surface area (Å²) >= 11 is 6.64. The van der Waals surface area contributed by atoms with Crippen LogP contribution in [0.5, 0.6) is 0 Å². The molecule has 34 heavy (non-hydrogen) atoms. The van der Waals surface area contributed by atoms with E-state index in [1.165, 1.54) is 21.1 Å². The third-order valence-corrected chi connectivity index (χ3v) is 7.20. The van der Waals surface area contributed by atoms with Gasteiger partial charge in [0, 0.05) is 19.3 Å². The van der Waals surface area contributed by atoms with Gasteiger partial charge in [-0.25, -0.2) is 4.98 Å². The molecular formula is C24H24N4O4S2. The molecule has 5 heterocycles. The summed E-state index contributed by atoms with van der Waals surface area (Å²) in [6.45, 7) is 7.37. The van der Waals surface area contributed by atoms with Crippen LogP contribution in [0.4, 0.5) is 5.82 Å². The van der Waals surface area contributed by atoms with Crippen LogP contribution in [0.25, 0.3) is 11.7 Å². The molecule has 0 radical (unpaired) electrons. The van der Waals surface area contributed by atoms with E-state index in [1.54, 1.807) is 30.7 Å². The minimum atomic E-state index is -0.255. The van der Waals surface area contributed by atoms with Gasteiger partial charge in [0.05, 0.1) is 35.5 Å². The van der Waals surface area contributed by atoms with Gasteiger partial charge in [-0.05, 0) is 50.6 Å². The third-order valence-electron chi connectivity index (χ3n) is 5.83. The first kappa shape index (κ1) is 22.8. The molecular weight excluding hydrogens is 472 g/mol. The van der Waals surface area contributed by atoms with E-state index >= 15 is 0 Å². The monoisotopic (exact) mass is 496 g/mol. The molecule has 1 amide bonds. The Labute approximate surface area is 206 Å². The molecule has 2 aliphatic rings. The van der Waals surface area contributed by atoms with Crippen molar-refractivity contribution < 1.29 is 13.9 Å². The fourth-order valence-electron chi connectivity index (χ4n) is 4.34. The van der Waals surface area contributed by atoms with Crippen LogP contribution in [-0.2, 0) is 16.1 Å². The van der Waals surface area contributed by atoms with Crippen molar-refractivity contribution in [2.24, 2.45) is 0 Å². The van der Waals surface area contributed by atoms with E-state index in [0.717, 1.165) is 5.56 Å². The number of aromatic nitrogens is 2. The maximum Gasteiger partial charge on any atom is 0.267 e. The average Bonchev–Trinajstić information content (AvgIpc) is 3.39. The lowest BCUT2D eigenvalue weighted by atomic mass is 10.1. The fraction of sp³-hybridized carbons (Fsp3) is 0.333. The number of morpholine rings is 1. The number of furan rings is 1. The number of carbonyl (C=O) groups excluding carboxylic acids is 1. The number of carbonyl (C=O) groups is 1. The molecule has 2 atom stereocenters. The number of pyridine rings is 1. The van der Waals surface area contributed by atoms with Crippen LogP contribution in [0.1, 0.15) is 30.7 Å². The van der Waals surface area contributed by atoms with E-state index < -0.39 is 0 Å². The zero-order valence-electron chi connectivity index (χ0n) is 19.1. The summed E-state index contributed by atoms with van der Waals surface area (Å²) in [6.07, 6.45) is 4.86. The van der Waals surface area contributed by atoms with Crippen molar-refractivity contribution in [1.29, 1.82) is 0 Å². The minimum Gasteiger partial charge on any atom is -0.467 e. The lowest BCUT2D eigenvalue weighted by Gasteiger charge is -2.36. The van der Waals surface area contributed by atoms with Gasteiger partial charge in [0.15, 0.2) is 0 Å². The molecule has 5 rings (SSSR count). The maximum absolute atomic E-state index is 13.7. The first-order valence-electron chi connectivity index (χ1n) is 11.0. The van der Waals surface area contributed by atoms with E-state index in [-0.39, 0.29) is 30.2 Å². The fourth-order valence-corrected chi connectivity index (χ4v) is 5.58. The predicted octanol–water partition coefficient (Wildman–Crippen LogP) is 3.61. The number of fused-ring (bicyclic) bond motifs is 1. The van der Waals surface area contributed by atoms with Crippen molar-refractivity contribution >= 4 is 51.7 Å². The van der Waals surface area contributed by atoms with Crippen LogP contribution in [0, 0.1) is 6.92 Å². The van der Waals surface area contributed by atoms with E-state index in [9.17, 15) is 9.59 Å². The van der Waals surface area contributed by atoms with Crippen molar-refractivity contribution in [3.63, 3.8) is 0 Å². The van der Waals surface area contributed by atoms with Gasteiger partial charge in [0.25, 0.3) is 11.5 Å². The summed E-state index contributed by atoms with van der Waals surface area (Å²) in [7, 11) is 0. The number of anilines is 1. The average molecular weight is 497 g/mol. The quantitative estimate of drug-likeness (QED) is 0.400. The molecule has 0 bridgehead atoms. The first-order valence-corrected chi connectivity index (χ1v) is 12.2. The molecule has 0 aliphatic carbocycles. The van der Waals surface area contributed by atoms with Gasteiger partial charge in [-0.3, -0.25) is 18.9 Å². The van der Waals surface area contributed by atoms with E-state index in [2.05, 4.69) is 4.90 Å². The zero-order valence-corrected chi connectivity index (χ0v) is 20.7. The number of hydrogen-bond acceptors (Lipinski definition) is 8. The Balaban J connectivity index is 1.61. The zero-order chi connectivity index (χ0) is 24.0. The van der Waals surface area contributed by atoms with Crippen LogP contribution in [0.15, 0.2) is 50.8 Å². The maximum atomic E-state index is 13.7. The lowest BCUT2D eigenvalue weighted by Crippen LogP contribution is -2.46. The van der Waals surface area contributed by atoms with Crippen LogP contribution >= 0.6 is 24.0 Å². The molecule has 0 N–H and O–H groups in total. The number of hydrogen-bond donors (Lipinski definition) is 0. The highest BCUT2D eigenvalue weighted by Gasteiger charge is 2.34. The van der Waals surface area contributed by atoms with Gasteiger partial charge in [0.2, 0.25) is 0 Å². The molecule has 2 saturated heterocycles. The molecule has 0 spiro atoms. The SMILES string of the molecule is Cc1cccn2c(=O)c(/C=C3/SC(=S)N(Cc4ccco4)C3=O)c(N3C[C@H](C)O[C@@H](C)C3)nc12. The van der Waals surface area contributed by atoms with Crippen LogP contribution in [-0.4, -0.2) is 49.8 Å². The number of rotatable bonds is 4. The molecule has 10 heteroatoms. The number of amides is 1. The van der Waals surface area contributed by atoms with Gasteiger partial charge in [-0.2, -0.15) is 0 Å². The molecule has 3 aromatic heterocycles. The summed E-state index contributed by atoms with van der Waals surface area (Å²) in [4.78, 5) is 35.7. The number of ether oxygens (including phenoxy) is 1. The summed E-state index contributed by atoms with van der Waals surface area (Å²) in [5.74, 6) is 0.935. The number of thioether (sulfide) groups is 1. The van der Waals surface area contributed by atoms with Crippen molar-refractivity contribution in [2.75, 3.05) is 18.0 Å². The van der Waals surface area contributed by atoms with Gasteiger partial charge >= 0.3 is 0 Å². The summed E-state index contributed by atoms with van der Waals surface area (Å²) in [6, 6.07) is 7.30. The molecule has 2 aliphatic heterocycles. The molecule has 176 valence electrons. The highest BCUT2D eigenvalue weighted by atomic mass is 32.2. The molecule has 0 saturated carbocycles. The first-order chi connectivity index (χ1) is 16.3. The number of aryl methyl sites for hydroxylation is 1. The second kappa shape index (κ2) is 9.01. The molecule has 3 aromatic rings. The highest BCUT2D eigenvalue weighted by Crippen LogP contribution is 2.35.